The van der Waals surface area contributed by atoms with Crippen molar-refractivity contribution in [3.63, 3.8) is 0 Å². The van der Waals surface area contributed by atoms with E-state index in [2.05, 4.69) is 72.3 Å². The molecule has 0 radical (unpaired) electrons. The molecule has 2 aromatic heterocycles. The topological polar surface area (TPSA) is 129 Å². The van der Waals surface area contributed by atoms with Gasteiger partial charge in [0.15, 0.2) is 5.82 Å². The van der Waals surface area contributed by atoms with Gasteiger partial charge < -0.3 is 32.9 Å². The van der Waals surface area contributed by atoms with Crippen molar-refractivity contribution in [1.29, 1.82) is 5.26 Å². The molecule has 1 saturated heterocycles. The van der Waals surface area contributed by atoms with Gasteiger partial charge in [-0.3, -0.25) is 4.57 Å². The second-order valence-electron chi connectivity index (χ2n) is 15.9. The maximum absolute atomic E-state index is 9.49. The van der Waals surface area contributed by atoms with Crippen LogP contribution in [0, 0.1) is 11.3 Å². The molecule has 0 aliphatic carbocycles. The molecule has 6 aromatic rings. The molecule has 13 nitrogen and oxygen atoms in total. The van der Waals surface area contributed by atoms with E-state index in [0.717, 1.165) is 44.5 Å². The molecule has 3 heterocycles. The van der Waals surface area contributed by atoms with Crippen LogP contribution in [0.15, 0.2) is 114 Å². The first-order valence-corrected chi connectivity index (χ1v) is 22.1. The molecule has 4 atom stereocenters. The molecule has 1 unspecified atom stereocenters. The Balaban J connectivity index is 1.36. The molecule has 0 amide bonds. The Labute approximate surface area is 365 Å². The first-order chi connectivity index (χ1) is 30.1. The summed E-state index contributed by atoms with van der Waals surface area (Å²) in [6.45, 7) is 8.89. The molecule has 1 aliphatic rings. The van der Waals surface area contributed by atoms with E-state index in [1.165, 1.54) is 0 Å². The van der Waals surface area contributed by atoms with E-state index >= 15 is 0 Å². The fraction of sp³-hybridized carbons (Fsp3) is 0.375. The van der Waals surface area contributed by atoms with Crippen molar-refractivity contribution in [2.75, 3.05) is 41.5 Å². The summed E-state index contributed by atoms with van der Waals surface area (Å²) in [5.74, 6) is 2.03. The average molecular weight is 858 g/mol. The summed E-state index contributed by atoms with van der Waals surface area (Å²) in [5.41, 5.74) is 3.27. The lowest BCUT2D eigenvalue weighted by Gasteiger charge is -2.39. The first-order valence-electron chi connectivity index (χ1n) is 20.9. The number of methoxy groups -OCH3 is 2. The summed E-state index contributed by atoms with van der Waals surface area (Å²) in [5, 5.41) is 11.3. The zero-order valence-corrected chi connectivity index (χ0v) is 37.6. The van der Waals surface area contributed by atoms with Crippen LogP contribution in [0.4, 0.5) is 5.82 Å². The Bertz CT molecular complexity index is 2400. The van der Waals surface area contributed by atoms with E-state index in [9.17, 15) is 5.26 Å². The molecule has 0 spiro atoms. The van der Waals surface area contributed by atoms with Crippen LogP contribution in [-0.2, 0) is 24.1 Å². The lowest BCUT2D eigenvalue weighted by atomic mass is 9.80. The van der Waals surface area contributed by atoms with Crippen molar-refractivity contribution in [1.82, 2.24) is 24.1 Å². The minimum absolute atomic E-state index is 0.0991. The number of hydrogen-bond donors (Lipinski definition) is 0. The third-order valence-electron chi connectivity index (χ3n) is 10.9. The molecule has 14 heteroatoms. The van der Waals surface area contributed by atoms with Crippen molar-refractivity contribution < 1.29 is 28.0 Å². The van der Waals surface area contributed by atoms with Gasteiger partial charge in [-0.05, 0) is 74.7 Å². The number of ether oxygens (including phenoxy) is 4. The van der Waals surface area contributed by atoms with Gasteiger partial charge >= 0.3 is 0 Å². The lowest BCUT2D eigenvalue weighted by molar-refractivity contribution is -0.0904. The van der Waals surface area contributed by atoms with Crippen LogP contribution in [0.25, 0.3) is 21.9 Å². The molecule has 4 aromatic carbocycles. The van der Waals surface area contributed by atoms with Gasteiger partial charge in [0.05, 0.1) is 63.3 Å². The number of benzene rings is 4. The van der Waals surface area contributed by atoms with Crippen molar-refractivity contribution >= 4 is 42.6 Å². The highest BCUT2D eigenvalue weighted by molar-refractivity contribution is 7.44. The van der Waals surface area contributed by atoms with Crippen LogP contribution < -0.4 is 9.47 Å². The molecule has 0 N–H and O–H groups in total. The molecular weight excluding hydrogens is 802 g/mol. The van der Waals surface area contributed by atoms with E-state index in [1.54, 1.807) is 26.9 Å². The van der Waals surface area contributed by atoms with Gasteiger partial charge in [0.2, 0.25) is 0 Å². The number of hydrogen-bond acceptors (Lipinski definition) is 11. The van der Waals surface area contributed by atoms with E-state index < -0.39 is 32.6 Å². The monoisotopic (exact) mass is 857 g/mol. The second kappa shape index (κ2) is 20.2. The Kier molecular flexibility index (Phi) is 14.5. The van der Waals surface area contributed by atoms with Gasteiger partial charge in [-0.2, -0.15) is 5.26 Å². The Hall–Kier alpha value is -5.45. The molecule has 324 valence electrons. The fourth-order valence-corrected chi connectivity index (χ4v) is 9.93. The summed E-state index contributed by atoms with van der Waals surface area (Å²) < 4.78 is 43.9. The molecule has 62 heavy (non-hydrogen) atoms. The van der Waals surface area contributed by atoms with Gasteiger partial charge in [0.1, 0.15) is 41.4 Å². The molecular formula is C48H56N7O6P. The largest absolute Gasteiger partial charge is 0.497 e. The van der Waals surface area contributed by atoms with Crippen LogP contribution in [0.1, 0.15) is 63.5 Å². The highest BCUT2D eigenvalue weighted by atomic mass is 31.2. The Morgan fingerprint density at radius 3 is 2.08 bits per heavy atom. The predicted molar refractivity (Wildman–Crippen MR) is 244 cm³/mol. The highest BCUT2D eigenvalue weighted by Crippen LogP contribution is 2.51. The van der Waals surface area contributed by atoms with Crippen molar-refractivity contribution in [2.24, 2.45) is 4.99 Å². The number of aliphatic imine (C=N–C) groups is 1. The minimum Gasteiger partial charge on any atom is -0.497 e. The molecule has 7 rings (SSSR count). The number of fused-ring (bicyclic) bond motifs is 3. The number of aromatic nitrogens is 3. The standard InChI is InChI=1S/C48H56N7O6P/c1-33(2)55(34(3)4)62(59-28-14-27-49)61-42-29-44(54-41-18-13-12-17-40(41)45-46(52-32-53(5)6)50-31-51-47(45)54)60-43(42)30-58-48(35-15-10-9-11-16-35,36-19-23-38(56-7)24-20-36)37-21-25-39(57-8)26-22-37/h9-13,15-26,31-34,42-44H,14,28-30H2,1-8H3/b52-32+/t42-,43+,44+,62?/m0/s1. The second-order valence-corrected chi connectivity index (χ2v) is 17.3. The van der Waals surface area contributed by atoms with Crippen LogP contribution in [0.5, 0.6) is 11.5 Å². The van der Waals surface area contributed by atoms with E-state index in [1.807, 2.05) is 97.9 Å². The van der Waals surface area contributed by atoms with Crippen LogP contribution in [0.2, 0.25) is 0 Å². The predicted octanol–water partition coefficient (Wildman–Crippen LogP) is 9.78. The van der Waals surface area contributed by atoms with E-state index in [4.69, 9.17) is 38.0 Å². The molecule has 1 fully saturated rings. The summed E-state index contributed by atoms with van der Waals surface area (Å²) in [6, 6.07) is 36.8. The normalized spacial score (nSPS) is 17.4. The lowest BCUT2D eigenvalue weighted by Crippen LogP contribution is -2.39. The summed E-state index contributed by atoms with van der Waals surface area (Å²) in [7, 11) is 5.53. The third kappa shape index (κ3) is 9.32. The van der Waals surface area contributed by atoms with Gasteiger partial charge in [0, 0.05) is 38.0 Å². The Morgan fingerprint density at radius 1 is 0.871 bits per heavy atom. The summed E-state index contributed by atoms with van der Waals surface area (Å²) in [4.78, 5) is 16.1. The third-order valence-corrected chi connectivity index (χ3v) is 13.0. The Morgan fingerprint density at radius 2 is 1.48 bits per heavy atom. The maximum atomic E-state index is 9.49. The van der Waals surface area contributed by atoms with Gasteiger partial charge in [-0.15, -0.1) is 0 Å². The minimum atomic E-state index is -1.64. The molecule has 0 saturated carbocycles. The summed E-state index contributed by atoms with van der Waals surface area (Å²) in [6.07, 6.45) is 2.37. The molecule has 0 bridgehead atoms. The number of nitriles is 1. The van der Waals surface area contributed by atoms with Crippen molar-refractivity contribution in [2.45, 2.75) is 76.7 Å². The quantitative estimate of drug-likeness (QED) is 0.0254. The number of para-hydroxylation sites is 1. The van der Waals surface area contributed by atoms with Gasteiger partial charge in [-0.1, -0.05) is 72.8 Å². The maximum Gasteiger partial charge on any atom is 0.259 e. The summed E-state index contributed by atoms with van der Waals surface area (Å²) >= 11 is 0. The zero-order chi connectivity index (χ0) is 43.8. The van der Waals surface area contributed by atoms with Crippen LogP contribution in [0.3, 0.4) is 0 Å². The van der Waals surface area contributed by atoms with Crippen LogP contribution in [-0.4, -0.2) is 96.3 Å². The SMILES string of the molecule is COc1ccc(C(OC[C@H]2O[C@@H](n3c4ccccc4c4c(/N=C/N(C)C)ncnc43)C[C@@H]2OP(OCCC#N)N(C(C)C)C(C)C)(c2ccccc2)c2ccc(OC)cc2)cc1. The smallest absolute Gasteiger partial charge is 0.259 e. The van der Waals surface area contributed by atoms with E-state index in [0.29, 0.717) is 17.9 Å². The fourth-order valence-electron chi connectivity index (χ4n) is 8.17. The van der Waals surface area contributed by atoms with Crippen molar-refractivity contribution in [3.8, 4) is 17.6 Å². The highest BCUT2D eigenvalue weighted by Gasteiger charge is 2.45. The van der Waals surface area contributed by atoms with Crippen molar-refractivity contribution in [3.05, 3.63) is 126 Å². The van der Waals surface area contributed by atoms with E-state index in [-0.39, 0.29) is 31.7 Å². The molecule has 1 aliphatic heterocycles. The zero-order valence-electron chi connectivity index (χ0n) is 36.7. The average Bonchev–Trinajstić information content (AvgIpc) is 3.84. The first kappa shape index (κ1) is 44.6. The van der Waals surface area contributed by atoms with Gasteiger partial charge in [-0.25, -0.2) is 19.6 Å². The number of rotatable bonds is 19. The number of nitrogens with zero attached hydrogens (tertiary/aromatic N) is 7. The van der Waals surface area contributed by atoms with Crippen LogP contribution >= 0.6 is 8.53 Å². The van der Waals surface area contributed by atoms with Gasteiger partial charge in [0.25, 0.3) is 8.53 Å².